The molecular weight excluding hydrogens is 278 g/mol. The quantitative estimate of drug-likeness (QED) is 0.865. The van der Waals surface area contributed by atoms with E-state index in [0.29, 0.717) is 5.56 Å². The van der Waals surface area contributed by atoms with Crippen molar-refractivity contribution >= 4 is 23.2 Å². The molecule has 0 spiro atoms. The van der Waals surface area contributed by atoms with E-state index in [1.165, 1.54) is 6.42 Å². The molecule has 1 unspecified atom stereocenters. The summed E-state index contributed by atoms with van der Waals surface area (Å²) >= 11 is 0. The largest absolute Gasteiger partial charge is 0.358 e. The van der Waals surface area contributed by atoms with Crippen molar-refractivity contribution in [2.24, 2.45) is 0 Å². The Bertz CT molecular complexity index is 622. The number of rotatable bonds is 1. The highest BCUT2D eigenvalue weighted by molar-refractivity contribution is 6.06. The van der Waals surface area contributed by atoms with E-state index in [4.69, 9.17) is 0 Å². The van der Waals surface area contributed by atoms with Crippen LogP contribution in [0.2, 0.25) is 0 Å². The van der Waals surface area contributed by atoms with Gasteiger partial charge in [-0.05, 0) is 50.3 Å². The lowest BCUT2D eigenvalue weighted by Crippen LogP contribution is -2.44. The molecule has 2 fully saturated rings. The van der Waals surface area contributed by atoms with Gasteiger partial charge in [0.2, 0.25) is 5.91 Å². The van der Waals surface area contributed by atoms with Gasteiger partial charge in [-0.2, -0.15) is 0 Å². The van der Waals surface area contributed by atoms with E-state index in [0.717, 1.165) is 56.7 Å². The van der Waals surface area contributed by atoms with Crippen LogP contribution in [0.4, 0.5) is 11.4 Å². The Morgan fingerprint density at radius 3 is 2.73 bits per heavy atom. The summed E-state index contributed by atoms with van der Waals surface area (Å²) < 4.78 is 0. The maximum Gasteiger partial charge on any atom is 0.253 e. The van der Waals surface area contributed by atoms with E-state index in [2.05, 4.69) is 10.2 Å². The van der Waals surface area contributed by atoms with Crippen LogP contribution >= 0.6 is 0 Å². The molecule has 5 heteroatoms. The minimum absolute atomic E-state index is 0.0313. The molecule has 0 saturated carbocycles. The van der Waals surface area contributed by atoms with E-state index >= 15 is 0 Å². The van der Waals surface area contributed by atoms with Crippen LogP contribution < -0.4 is 10.2 Å². The molecule has 3 heterocycles. The number of hydrogen-bond donors (Lipinski definition) is 1. The van der Waals surface area contributed by atoms with Gasteiger partial charge in [-0.1, -0.05) is 0 Å². The van der Waals surface area contributed by atoms with Crippen molar-refractivity contribution < 1.29 is 9.59 Å². The van der Waals surface area contributed by atoms with Crippen LogP contribution in [0.25, 0.3) is 0 Å². The lowest BCUT2D eigenvalue weighted by atomic mass is 10.0. The molecular formula is C17H21N3O2. The maximum absolute atomic E-state index is 12.6. The van der Waals surface area contributed by atoms with E-state index in [1.807, 2.05) is 23.1 Å². The predicted molar refractivity (Wildman–Crippen MR) is 85.2 cm³/mol. The van der Waals surface area contributed by atoms with Crippen LogP contribution in [-0.4, -0.2) is 42.4 Å². The number of benzene rings is 1. The fourth-order valence-electron chi connectivity index (χ4n) is 3.84. The highest BCUT2D eigenvalue weighted by Gasteiger charge is 2.36. The molecule has 2 saturated heterocycles. The fourth-order valence-corrected chi connectivity index (χ4v) is 3.84. The maximum atomic E-state index is 12.6. The zero-order chi connectivity index (χ0) is 15.1. The number of fused-ring (bicyclic) bond motifs is 3. The van der Waals surface area contributed by atoms with E-state index in [9.17, 15) is 9.59 Å². The summed E-state index contributed by atoms with van der Waals surface area (Å²) in [5.74, 6) is 0.146. The van der Waals surface area contributed by atoms with Crippen molar-refractivity contribution in [1.82, 2.24) is 4.90 Å². The second-order valence-corrected chi connectivity index (χ2v) is 6.43. The minimum Gasteiger partial charge on any atom is -0.358 e. The van der Waals surface area contributed by atoms with Crippen LogP contribution in [0, 0.1) is 0 Å². The highest BCUT2D eigenvalue weighted by Crippen LogP contribution is 2.37. The normalized spacial score (nSPS) is 23.8. The van der Waals surface area contributed by atoms with Crippen LogP contribution in [0.1, 0.15) is 42.5 Å². The van der Waals surface area contributed by atoms with Gasteiger partial charge in [0.05, 0.1) is 11.4 Å². The molecule has 2 amide bonds. The SMILES string of the molecule is O=C1Nc2cc(C(=O)N3CCCCC3)ccc2N2CCCC12. The second-order valence-electron chi connectivity index (χ2n) is 6.43. The van der Waals surface area contributed by atoms with Crippen molar-refractivity contribution in [3.63, 3.8) is 0 Å². The molecule has 116 valence electrons. The summed E-state index contributed by atoms with van der Waals surface area (Å²) in [6.07, 6.45) is 5.35. The van der Waals surface area contributed by atoms with E-state index in [1.54, 1.807) is 0 Å². The average molecular weight is 299 g/mol. The van der Waals surface area contributed by atoms with E-state index in [-0.39, 0.29) is 17.9 Å². The number of carbonyl (C=O) groups is 2. The molecule has 22 heavy (non-hydrogen) atoms. The van der Waals surface area contributed by atoms with Crippen LogP contribution in [0.15, 0.2) is 18.2 Å². The molecule has 5 nitrogen and oxygen atoms in total. The third-order valence-electron chi connectivity index (χ3n) is 5.01. The van der Waals surface area contributed by atoms with Crippen molar-refractivity contribution in [3.05, 3.63) is 23.8 Å². The Labute approximate surface area is 130 Å². The predicted octanol–water partition coefficient (Wildman–Crippen LogP) is 2.23. The van der Waals surface area contributed by atoms with Crippen LogP contribution in [0.5, 0.6) is 0 Å². The molecule has 4 rings (SSSR count). The van der Waals surface area contributed by atoms with Crippen molar-refractivity contribution in [1.29, 1.82) is 0 Å². The number of hydrogen-bond acceptors (Lipinski definition) is 3. The molecule has 1 aromatic rings. The number of nitrogens with one attached hydrogen (secondary N) is 1. The van der Waals surface area contributed by atoms with Gasteiger partial charge in [-0.3, -0.25) is 9.59 Å². The molecule has 1 aromatic carbocycles. The topological polar surface area (TPSA) is 52.7 Å². The van der Waals surface area contributed by atoms with Gasteiger partial charge in [0.25, 0.3) is 5.91 Å². The first kappa shape index (κ1) is 13.6. The summed E-state index contributed by atoms with van der Waals surface area (Å²) in [4.78, 5) is 28.9. The van der Waals surface area contributed by atoms with Crippen LogP contribution in [0.3, 0.4) is 0 Å². The smallest absolute Gasteiger partial charge is 0.253 e. The zero-order valence-corrected chi connectivity index (χ0v) is 12.7. The number of piperidine rings is 1. The average Bonchev–Trinajstić information content (AvgIpc) is 3.05. The molecule has 0 aliphatic carbocycles. The Morgan fingerprint density at radius 2 is 1.91 bits per heavy atom. The summed E-state index contributed by atoms with van der Waals surface area (Å²) in [5.41, 5.74) is 2.52. The standard InChI is InChI=1S/C17H21N3O2/c21-16-15-5-4-10-20(15)14-7-6-12(11-13(14)18-16)17(22)19-8-2-1-3-9-19/h6-7,11,15H,1-5,8-10H2,(H,18,21). The Balaban J connectivity index is 1.63. The lowest BCUT2D eigenvalue weighted by molar-refractivity contribution is -0.117. The van der Waals surface area contributed by atoms with Gasteiger partial charge in [-0.25, -0.2) is 0 Å². The Hall–Kier alpha value is -2.04. The lowest BCUT2D eigenvalue weighted by Gasteiger charge is -2.33. The molecule has 0 radical (unpaired) electrons. The molecule has 0 bridgehead atoms. The third kappa shape index (κ3) is 2.16. The number of amides is 2. The number of anilines is 2. The van der Waals surface area contributed by atoms with Crippen LogP contribution in [-0.2, 0) is 4.79 Å². The number of nitrogens with zero attached hydrogens (tertiary/aromatic N) is 2. The fraction of sp³-hybridized carbons (Fsp3) is 0.529. The molecule has 0 aromatic heterocycles. The number of likely N-dealkylation sites (tertiary alicyclic amines) is 1. The van der Waals surface area contributed by atoms with Gasteiger partial charge in [-0.15, -0.1) is 0 Å². The monoisotopic (exact) mass is 299 g/mol. The van der Waals surface area contributed by atoms with E-state index < -0.39 is 0 Å². The first-order valence-corrected chi connectivity index (χ1v) is 8.25. The van der Waals surface area contributed by atoms with Gasteiger partial charge in [0, 0.05) is 25.2 Å². The second kappa shape index (κ2) is 5.30. The molecule has 3 aliphatic rings. The van der Waals surface area contributed by atoms with Gasteiger partial charge in [0.15, 0.2) is 0 Å². The molecule has 3 aliphatic heterocycles. The van der Waals surface area contributed by atoms with Crippen molar-refractivity contribution in [2.45, 2.75) is 38.1 Å². The summed E-state index contributed by atoms with van der Waals surface area (Å²) in [6.45, 7) is 2.61. The minimum atomic E-state index is -0.0313. The van der Waals surface area contributed by atoms with Gasteiger partial charge >= 0.3 is 0 Å². The highest BCUT2D eigenvalue weighted by atomic mass is 16.2. The van der Waals surface area contributed by atoms with Gasteiger partial charge in [0.1, 0.15) is 6.04 Å². The summed E-state index contributed by atoms with van der Waals surface area (Å²) in [7, 11) is 0. The van der Waals surface area contributed by atoms with Crippen molar-refractivity contribution in [3.8, 4) is 0 Å². The third-order valence-corrected chi connectivity index (χ3v) is 5.01. The Morgan fingerprint density at radius 1 is 1.09 bits per heavy atom. The molecule has 1 atom stereocenters. The number of carbonyl (C=O) groups excluding carboxylic acids is 2. The first-order valence-electron chi connectivity index (χ1n) is 8.25. The van der Waals surface area contributed by atoms with Crippen molar-refractivity contribution in [2.75, 3.05) is 29.9 Å². The molecule has 1 N–H and O–H groups in total. The Kier molecular flexibility index (Phi) is 3.28. The zero-order valence-electron chi connectivity index (χ0n) is 12.7. The summed E-state index contributed by atoms with van der Waals surface area (Å²) in [5, 5.41) is 2.98. The first-order chi connectivity index (χ1) is 10.7. The summed E-state index contributed by atoms with van der Waals surface area (Å²) in [6, 6.07) is 5.71. The van der Waals surface area contributed by atoms with Gasteiger partial charge < -0.3 is 15.1 Å².